The molecular weight excluding hydrogens is 386 g/mol. The molecule has 0 saturated carbocycles. The van der Waals surface area contributed by atoms with Crippen LogP contribution in [0.15, 0.2) is 47.4 Å². The van der Waals surface area contributed by atoms with Gasteiger partial charge in [-0.2, -0.15) is 4.31 Å². The second-order valence-corrected chi connectivity index (χ2v) is 8.53. The molecule has 0 atom stereocenters. The van der Waals surface area contributed by atoms with Gasteiger partial charge in [0.15, 0.2) is 0 Å². The molecule has 0 aliphatic carbocycles. The van der Waals surface area contributed by atoms with E-state index in [-0.39, 0.29) is 15.7 Å². The van der Waals surface area contributed by atoms with Crippen LogP contribution in [0, 0.1) is 5.82 Å². The van der Waals surface area contributed by atoms with E-state index in [2.05, 4.69) is 0 Å². The maximum absolute atomic E-state index is 13.9. The van der Waals surface area contributed by atoms with E-state index in [1.807, 2.05) is 4.90 Å². The molecule has 0 N–H and O–H groups in total. The third-order valence-corrected chi connectivity index (χ3v) is 6.98. The van der Waals surface area contributed by atoms with E-state index < -0.39 is 10.0 Å². The van der Waals surface area contributed by atoms with Crippen LogP contribution < -0.4 is 0 Å². The Labute approximate surface area is 156 Å². The van der Waals surface area contributed by atoms with Gasteiger partial charge in [-0.25, -0.2) is 12.8 Å². The van der Waals surface area contributed by atoms with E-state index in [9.17, 15) is 12.8 Å². The summed E-state index contributed by atoms with van der Waals surface area (Å²) in [6, 6.07) is 11.0. The quantitative estimate of drug-likeness (QED) is 0.783. The summed E-state index contributed by atoms with van der Waals surface area (Å²) >= 11 is 12.1. The van der Waals surface area contributed by atoms with E-state index in [0.717, 1.165) is 0 Å². The van der Waals surface area contributed by atoms with Gasteiger partial charge in [0.2, 0.25) is 10.0 Å². The van der Waals surface area contributed by atoms with Crippen molar-refractivity contribution >= 4 is 33.2 Å². The van der Waals surface area contributed by atoms with Gasteiger partial charge in [0.05, 0.1) is 5.02 Å². The minimum Gasteiger partial charge on any atom is -0.296 e. The van der Waals surface area contributed by atoms with Gasteiger partial charge >= 0.3 is 0 Å². The third kappa shape index (κ3) is 3.99. The average Bonchev–Trinajstić information content (AvgIpc) is 2.59. The summed E-state index contributed by atoms with van der Waals surface area (Å²) in [7, 11) is -3.63. The van der Waals surface area contributed by atoms with E-state index in [1.165, 1.54) is 16.4 Å². The van der Waals surface area contributed by atoms with Crippen molar-refractivity contribution in [3.05, 3.63) is 63.9 Å². The van der Waals surface area contributed by atoms with Gasteiger partial charge in [-0.15, -0.1) is 0 Å². The van der Waals surface area contributed by atoms with Crippen molar-refractivity contribution in [1.82, 2.24) is 9.21 Å². The molecule has 0 bridgehead atoms. The Morgan fingerprint density at radius 2 is 1.56 bits per heavy atom. The number of nitrogens with zero attached hydrogens (tertiary/aromatic N) is 2. The Balaban J connectivity index is 1.69. The molecule has 0 unspecified atom stereocenters. The van der Waals surface area contributed by atoms with Gasteiger partial charge in [0, 0.05) is 43.3 Å². The van der Waals surface area contributed by atoms with Crippen molar-refractivity contribution in [3.8, 4) is 0 Å². The number of sulfonamides is 1. The van der Waals surface area contributed by atoms with Crippen molar-refractivity contribution in [2.75, 3.05) is 26.2 Å². The van der Waals surface area contributed by atoms with Crippen LogP contribution in [0.1, 0.15) is 5.56 Å². The van der Waals surface area contributed by atoms with Gasteiger partial charge in [-0.05, 0) is 24.3 Å². The summed E-state index contributed by atoms with van der Waals surface area (Å²) in [6.07, 6.45) is 0. The Hall–Kier alpha value is -1.18. The highest BCUT2D eigenvalue weighted by atomic mass is 35.5. The Kier molecular flexibility index (Phi) is 5.65. The summed E-state index contributed by atoms with van der Waals surface area (Å²) in [4.78, 5) is 2.10. The smallest absolute Gasteiger partial charge is 0.244 e. The van der Waals surface area contributed by atoms with E-state index in [4.69, 9.17) is 23.2 Å². The summed E-state index contributed by atoms with van der Waals surface area (Å²) in [6.45, 7) is 1.98. The first-order chi connectivity index (χ1) is 11.9. The zero-order valence-electron chi connectivity index (χ0n) is 13.3. The second kappa shape index (κ2) is 7.60. The van der Waals surface area contributed by atoms with E-state index >= 15 is 0 Å². The average molecular weight is 403 g/mol. The SMILES string of the molecule is O=S(=O)(c1ccccc1Cl)N1CCN(Cc2c(F)cccc2Cl)CC1. The van der Waals surface area contributed by atoms with Crippen LogP contribution in [0.4, 0.5) is 4.39 Å². The zero-order valence-corrected chi connectivity index (χ0v) is 15.7. The van der Waals surface area contributed by atoms with Crippen LogP contribution >= 0.6 is 23.2 Å². The van der Waals surface area contributed by atoms with Crippen molar-refractivity contribution in [3.63, 3.8) is 0 Å². The maximum atomic E-state index is 13.9. The van der Waals surface area contributed by atoms with E-state index in [1.54, 1.807) is 30.3 Å². The van der Waals surface area contributed by atoms with Crippen LogP contribution in [-0.4, -0.2) is 43.8 Å². The predicted molar refractivity (Wildman–Crippen MR) is 96.9 cm³/mol. The third-order valence-electron chi connectivity index (χ3n) is 4.23. The van der Waals surface area contributed by atoms with Crippen LogP contribution in [0.3, 0.4) is 0 Å². The molecular formula is C17H17Cl2FN2O2S. The molecule has 0 radical (unpaired) electrons. The topological polar surface area (TPSA) is 40.6 Å². The fourth-order valence-corrected chi connectivity index (χ4v) is 4.97. The van der Waals surface area contributed by atoms with Crippen molar-refractivity contribution in [2.24, 2.45) is 0 Å². The number of benzene rings is 2. The van der Waals surface area contributed by atoms with E-state index in [0.29, 0.717) is 43.3 Å². The molecule has 1 saturated heterocycles. The van der Waals surface area contributed by atoms with Crippen LogP contribution in [0.2, 0.25) is 10.0 Å². The summed E-state index contributed by atoms with van der Waals surface area (Å²) in [5, 5.41) is 0.592. The fraction of sp³-hybridized carbons (Fsp3) is 0.294. The molecule has 2 aromatic carbocycles. The lowest BCUT2D eigenvalue weighted by Gasteiger charge is -2.34. The number of rotatable bonds is 4. The van der Waals surface area contributed by atoms with Gasteiger partial charge in [-0.3, -0.25) is 4.90 Å². The molecule has 1 fully saturated rings. The molecule has 0 aromatic heterocycles. The Bertz CT molecular complexity index is 848. The lowest BCUT2D eigenvalue weighted by molar-refractivity contribution is 0.180. The first-order valence-corrected chi connectivity index (χ1v) is 9.99. The summed E-state index contributed by atoms with van der Waals surface area (Å²) in [5.74, 6) is -0.349. The number of hydrogen-bond donors (Lipinski definition) is 0. The number of piperazine rings is 1. The van der Waals surface area contributed by atoms with Gasteiger partial charge < -0.3 is 0 Å². The van der Waals surface area contributed by atoms with Gasteiger partial charge in [0.25, 0.3) is 0 Å². The van der Waals surface area contributed by atoms with Crippen LogP contribution in [0.25, 0.3) is 0 Å². The molecule has 8 heteroatoms. The number of hydrogen-bond acceptors (Lipinski definition) is 3. The summed E-state index contributed by atoms with van der Waals surface area (Å²) < 4.78 is 40.8. The molecule has 25 heavy (non-hydrogen) atoms. The van der Waals surface area contributed by atoms with Gasteiger partial charge in [-0.1, -0.05) is 41.4 Å². The molecule has 134 valence electrons. The Morgan fingerprint density at radius 3 is 2.20 bits per heavy atom. The van der Waals surface area contributed by atoms with Crippen LogP contribution in [-0.2, 0) is 16.6 Å². The molecule has 0 amide bonds. The highest BCUT2D eigenvalue weighted by Crippen LogP contribution is 2.26. The highest BCUT2D eigenvalue weighted by molar-refractivity contribution is 7.89. The fourth-order valence-electron chi connectivity index (χ4n) is 2.83. The number of halogens is 3. The lowest BCUT2D eigenvalue weighted by atomic mass is 10.2. The molecule has 1 aliphatic rings. The monoisotopic (exact) mass is 402 g/mol. The normalized spacial score (nSPS) is 16.9. The standard InChI is InChI=1S/C17H17Cl2FN2O2S/c18-14-5-3-6-16(20)13(14)12-21-8-10-22(11-9-21)25(23,24)17-7-2-1-4-15(17)19/h1-7H,8-12H2. The minimum atomic E-state index is -3.63. The predicted octanol–water partition coefficient (Wildman–Crippen LogP) is 3.64. The molecule has 1 aliphatic heterocycles. The van der Waals surface area contributed by atoms with Crippen molar-refractivity contribution < 1.29 is 12.8 Å². The first kappa shape index (κ1) is 18.6. The highest BCUT2D eigenvalue weighted by Gasteiger charge is 2.30. The molecule has 4 nitrogen and oxygen atoms in total. The lowest BCUT2D eigenvalue weighted by Crippen LogP contribution is -2.48. The zero-order chi connectivity index (χ0) is 18.0. The van der Waals surface area contributed by atoms with Gasteiger partial charge in [0.1, 0.15) is 10.7 Å². The molecule has 2 aromatic rings. The Morgan fingerprint density at radius 1 is 0.920 bits per heavy atom. The van der Waals surface area contributed by atoms with Crippen molar-refractivity contribution in [1.29, 1.82) is 0 Å². The molecule has 0 spiro atoms. The second-order valence-electron chi connectivity index (χ2n) is 5.81. The molecule has 3 rings (SSSR count). The first-order valence-electron chi connectivity index (χ1n) is 7.79. The maximum Gasteiger partial charge on any atom is 0.244 e. The summed E-state index contributed by atoms with van der Waals surface area (Å²) in [5.41, 5.74) is 0.437. The largest absolute Gasteiger partial charge is 0.296 e. The van der Waals surface area contributed by atoms with Crippen molar-refractivity contribution in [2.45, 2.75) is 11.4 Å². The van der Waals surface area contributed by atoms with Crippen LogP contribution in [0.5, 0.6) is 0 Å². The minimum absolute atomic E-state index is 0.113. The molecule has 1 heterocycles.